The van der Waals surface area contributed by atoms with Crippen LogP contribution in [0.4, 0.5) is 0 Å². The van der Waals surface area contributed by atoms with Crippen LogP contribution in [-0.4, -0.2) is 35.8 Å². The van der Waals surface area contributed by atoms with Crippen LogP contribution in [0.2, 0.25) is 0 Å². The average molecular weight is 224 g/mol. The average Bonchev–Trinajstić information content (AvgIpc) is 2.69. The molecular weight excluding hydrogens is 208 g/mol. The Balaban J connectivity index is 1.97. The number of likely N-dealkylation sites (tertiary alicyclic amines) is 1. The van der Waals surface area contributed by atoms with Crippen molar-refractivity contribution in [2.45, 2.75) is 31.7 Å². The highest BCUT2D eigenvalue weighted by molar-refractivity contribution is 7.13. The Labute approximate surface area is 94.1 Å². The van der Waals surface area contributed by atoms with Gasteiger partial charge in [0.2, 0.25) is 0 Å². The van der Waals surface area contributed by atoms with Gasteiger partial charge in [0.25, 0.3) is 0 Å². The van der Waals surface area contributed by atoms with Crippen LogP contribution in [0, 0.1) is 0 Å². The number of nitrogens with zero attached hydrogens (tertiary/aromatic N) is 2. The first kappa shape index (κ1) is 10.8. The molecule has 82 valence electrons. The monoisotopic (exact) mass is 224 g/mol. The summed E-state index contributed by atoms with van der Waals surface area (Å²) in [5, 5.41) is 1.09. The van der Waals surface area contributed by atoms with E-state index in [0.717, 1.165) is 22.6 Å². The smallest absolute Gasteiger partial charge is 0.161 e. The lowest BCUT2D eigenvalue weighted by molar-refractivity contribution is 0.112. The van der Waals surface area contributed by atoms with Gasteiger partial charge < -0.3 is 4.90 Å². The predicted octanol–water partition coefficient (Wildman–Crippen LogP) is 1.98. The molecule has 2 heterocycles. The lowest BCUT2D eigenvalue weighted by atomic mass is 10.0. The van der Waals surface area contributed by atoms with E-state index in [1.807, 2.05) is 0 Å². The molecule has 1 saturated heterocycles. The molecule has 0 amide bonds. The highest BCUT2D eigenvalue weighted by atomic mass is 32.1. The van der Waals surface area contributed by atoms with Crippen molar-refractivity contribution in [3.63, 3.8) is 0 Å². The second-order valence-electron chi connectivity index (χ2n) is 4.11. The fourth-order valence-electron chi connectivity index (χ4n) is 2.08. The van der Waals surface area contributed by atoms with Gasteiger partial charge in [0.15, 0.2) is 6.29 Å². The molecule has 1 aromatic rings. The summed E-state index contributed by atoms with van der Waals surface area (Å²) in [6, 6.07) is 0.615. The van der Waals surface area contributed by atoms with Crippen LogP contribution < -0.4 is 0 Å². The number of hydrogen-bond donors (Lipinski definition) is 0. The second-order valence-corrected chi connectivity index (χ2v) is 5.26. The quantitative estimate of drug-likeness (QED) is 0.736. The zero-order valence-electron chi connectivity index (χ0n) is 8.98. The van der Waals surface area contributed by atoms with Crippen LogP contribution in [0.1, 0.15) is 33.9 Å². The Hall–Kier alpha value is -0.740. The summed E-state index contributed by atoms with van der Waals surface area (Å²) in [5.74, 6) is 0. The minimum atomic E-state index is 0.615. The van der Waals surface area contributed by atoms with Gasteiger partial charge in [-0.15, -0.1) is 11.3 Å². The molecule has 1 atom stereocenters. The van der Waals surface area contributed by atoms with E-state index < -0.39 is 0 Å². The number of thiazole rings is 1. The fraction of sp³-hybridized carbons (Fsp3) is 0.636. The molecule has 0 N–H and O–H groups in total. The third kappa shape index (κ3) is 2.63. The van der Waals surface area contributed by atoms with E-state index in [2.05, 4.69) is 16.9 Å². The van der Waals surface area contributed by atoms with Gasteiger partial charge in [-0.05, 0) is 26.4 Å². The number of rotatable bonds is 3. The van der Waals surface area contributed by atoms with Crippen molar-refractivity contribution in [2.75, 3.05) is 13.6 Å². The summed E-state index contributed by atoms with van der Waals surface area (Å²) in [5.41, 5.74) is 0. The Bertz CT molecular complexity index is 337. The van der Waals surface area contributed by atoms with Gasteiger partial charge in [-0.1, -0.05) is 6.42 Å². The summed E-state index contributed by atoms with van der Waals surface area (Å²) in [7, 11) is 2.18. The molecule has 0 bridgehead atoms. The molecule has 1 aromatic heterocycles. The third-order valence-electron chi connectivity index (χ3n) is 3.02. The molecule has 4 heteroatoms. The van der Waals surface area contributed by atoms with Gasteiger partial charge in [0.1, 0.15) is 0 Å². The molecule has 0 aliphatic carbocycles. The number of piperidine rings is 1. The van der Waals surface area contributed by atoms with Crippen LogP contribution >= 0.6 is 11.3 Å². The maximum atomic E-state index is 10.5. The van der Waals surface area contributed by atoms with E-state index in [0.29, 0.717) is 6.04 Å². The molecule has 0 saturated carbocycles. The van der Waals surface area contributed by atoms with Crippen molar-refractivity contribution < 1.29 is 4.79 Å². The first-order valence-corrected chi connectivity index (χ1v) is 6.21. The standard InChI is InChI=1S/C11H16N2OS/c1-13-5-3-2-4-9(13)6-11-12-7-10(8-14)15-11/h7-9H,2-6H2,1H3. The van der Waals surface area contributed by atoms with Crippen LogP contribution in [0.25, 0.3) is 0 Å². The Morgan fingerprint density at radius 3 is 3.20 bits per heavy atom. The van der Waals surface area contributed by atoms with Gasteiger partial charge >= 0.3 is 0 Å². The van der Waals surface area contributed by atoms with E-state index in [-0.39, 0.29) is 0 Å². The second kappa shape index (κ2) is 4.86. The minimum Gasteiger partial charge on any atom is -0.303 e. The van der Waals surface area contributed by atoms with Gasteiger partial charge in [-0.3, -0.25) is 4.79 Å². The normalized spacial score (nSPS) is 22.9. The lowest BCUT2D eigenvalue weighted by Crippen LogP contribution is -2.37. The first-order chi connectivity index (χ1) is 7.29. The summed E-state index contributed by atoms with van der Waals surface area (Å²) in [4.78, 5) is 18.0. The predicted molar refractivity (Wildman–Crippen MR) is 61.5 cm³/mol. The van der Waals surface area contributed by atoms with Gasteiger partial charge in [-0.2, -0.15) is 0 Å². The molecule has 1 unspecified atom stereocenters. The van der Waals surface area contributed by atoms with Gasteiger partial charge in [-0.25, -0.2) is 4.98 Å². The molecule has 0 aromatic carbocycles. The Morgan fingerprint density at radius 1 is 1.67 bits per heavy atom. The number of likely N-dealkylation sites (N-methyl/N-ethyl adjacent to an activating group) is 1. The third-order valence-corrected chi connectivity index (χ3v) is 3.96. The summed E-state index contributed by atoms with van der Waals surface area (Å²) in [6.07, 6.45) is 7.44. The zero-order chi connectivity index (χ0) is 10.7. The lowest BCUT2D eigenvalue weighted by Gasteiger charge is -2.31. The van der Waals surface area contributed by atoms with Crippen LogP contribution in [0.5, 0.6) is 0 Å². The van der Waals surface area contributed by atoms with Crippen molar-refractivity contribution >= 4 is 17.6 Å². The fourth-order valence-corrected chi connectivity index (χ4v) is 2.88. The van der Waals surface area contributed by atoms with Crippen molar-refractivity contribution in [1.82, 2.24) is 9.88 Å². The highest BCUT2D eigenvalue weighted by Crippen LogP contribution is 2.21. The van der Waals surface area contributed by atoms with E-state index >= 15 is 0 Å². The number of carbonyl (C=O) groups excluding carboxylic acids is 1. The van der Waals surface area contributed by atoms with Crippen molar-refractivity contribution in [2.24, 2.45) is 0 Å². The molecular formula is C11H16N2OS. The Morgan fingerprint density at radius 2 is 2.53 bits per heavy atom. The molecule has 1 fully saturated rings. The van der Waals surface area contributed by atoms with E-state index in [1.54, 1.807) is 6.20 Å². The zero-order valence-corrected chi connectivity index (χ0v) is 9.80. The van der Waals surface area contributed by atoms with Crippen molar-refractivity contribution in [3.05, 3.63) is 16.1 Å². The maximum Gasteiger partial charge on any atom is 0.161 e. The van der Waals surface area contributed by atoms with Gasteiger partial charge in [0.05, 0.1) is 9.88 Å². The van der Waals surface area contributed by atoms with Crippen molar-refractivity contribution in [1.29, 1.82) is 0 Å². The number of carbonyl (C=O) groups is 1. The molecule has 1 aliphatic rings. The summed E-state index contributed by atoms with van der Waals surface area (Å²) in [6.45, 7) is 1.19. The SMILES string of the molecule is CN1CCCCC1Cc1ncc(C=O)s1. The Kier molecular flexibility index (Phi) is 3.49. The van der Waals surface area contributed by atoms with Crippen LogP contribution in [-0.2, 0) is 6.42 Å². The van der Waals surface area contributed by atoms with E-state index in [4.69, 9.17) is 0 Å². The maximum absolute atomic E-state index is 10.5. The molecule has 2 rings (SSSR count). The van der Waals surface area contributed by atoms with Crippen LogP contribution in [0.3, 0.4) is 0 Å². The molecule has 0 radical (unpaired) electrons. The summed E-state index contributed by atoms with van der Waals surface area (Å²) >= 11 is 1.52. The van der Waals surface area contributed by atoms with Gasteiger partial charge in [0, 0.05) is 18.7 Å². The van der Waals surface area contributed by atoms with Crippen molar-refractivity contribution in [3.8, 4) is 0 Å². The number of aldehydes is 1. The largest absolute Gasteiger partial charge is 0.303 e. The molecule has 1 aliphatic heterocycles. The molecule has 0 spiro atoms. The van der Waals surface area contributed by atoms with Crippen LogP contribution in [0.15, 0.2) is 6.20 Å². The highest BCUT2D eigenvalue weighted by Gasteiger charge is 2.20. The number of hydrogen-bond acceptors (Lipinski definition) is 4. The number of aromatic nitrogens is 1. The minimum absolute atomic E-state index is 0.615. The summed E-state index contributed by atoms with van der Waals surface area (Å²) < 4.78 is 0. The molecule has 3 nitrogen and oxygen atoms in total. The first-order valence-electron chi connectivity index (χ1n) is 5.39. The van der Waals surface area contributed by atoms with E-state index in [1.165, 1.54) is 37.1 Å². The topological polar surface area (TPSA) is 33.2 Å². The van der Waals surface area contributed by atoms with E-state index in [9.17, 15) is 4.79 Å². The molecule has 15 heavy (non-hydrogen) atoms.